The molecule has 0 aliphatic rings. The molecule has 0 fully saturated rings. The lowest BCUT2D eigenvalue weighted by atomic mass is 9.88. The van der Waals surface area contributed by atoms with Crippen LogP contribution in [-0.2, 0) is 4.79 Å². The minimum Gasteiger partial charge on any atom is -0.493 e. The lowest BCUT2D eigenvalue weighted by molar-refractivity contribution is -0.137. The molecule has 4 heteroatoms. The van der Waals surface area contributed by atoms with E-state index in [1.54, 1.807) is 0 Å². The van der Waals surface area contributed by atoms with Crippen LogP contribution in [0.3, 0.4) is 0 Å². The Balaban J connectivity index is 2.40. The van der Waals surface area contributed by atoms with Crippen molar-refractivity contribution in [2.45, 2.75) is 32.1 Å². The highest BCUT2D eigenvalue weighted by Gasteiger charge is 2.22. The first-order chi connectivity index (χ1) is 11.1. The molecule has 1 N–H and O–H groups in total. The Hall–Kier alpha value is -1.81. The zero-order valence-electron chi connectivity index (χ0n) is 13.2. The van der Waals surface area contributed by atoms with Gasteiger partial charge in [0.25, 0.3) is 0 Å². The van der Waals surface area contributed by atoms with Crippen LogP contribution in [0.4, 0.5) is 0 Å². The third-order valence-corrected chi connectivity index (χ3v) is 4.18. The standard InChI is InChI=1S/C19H21BrO3/c1-2-3-11-23-18-10-9-15(20)12-17(18)16(13-19(21)22)14-7-5-4-6-8-14/h4-10,12,16H,2-3,11,13H2,1H3,(H,21,22)/t16-/m0/s1. The summed E-state index contributed by atoms with van der Waals surface area (Å²) >= 11 is 3.48. The lowest BCUT2D eigenvalue weighted by Gasteiger charge is -2.20. The minimum absolute atomic E-state index is 0.0323. The first-order valence-electron chi connectivity index (χ1n) is 7.80. The van der Waals surface area contributed by atoms with Crippen molar-refractivity contribution < 1.29 is 14.6 Å². The second kappa shape index (κ2) is 8.73. The largest absolute Gasteiger partial charge is 0.493 e. The number of hydrogen-bond acceptors (Lipinski definition) is 2. The third-order valence-electron chi connectivity index (χ3n) is 3.68. The lowest BCUT2D eigenvalue weighted by Crippen LogP contribution is -2.10. The monoisotopic (exact) mass is 376 g/mol. The van der Waals surface area contributed by atoms with E-state index in [4.69, 9.17) is 4.74 Å². The van der Waals surface area contributed by atoms with Crippen LogP contribution >= 0.6 is 15.9 Å². The molecule has 0 spiro atoms. The molecule has 0 amide bonds. The molecule has 0 bridgehead atoms. The van der Waals surface area contributed by atoms with Crippen molar-refractivity contribution in [1.29, 1.82) is 0 Å². The molecular weight excluding hydrogens is 356 g/mol. The number of ether oxygens (including phenoxy) is 1. The van der Waals surface area contributed by atoms with Crippen LogP contribution < -0.4 is 4.74 Å². The molecule has 23 heavy (non-hydrogen) atoms. The molecule has 0 heterocycles. The highest BCUT2D eigenvalue weighted by Crippen LogP contribution is 2.36. The maximum Gasteiger partial charge on any atom is 0.304 e. The molecule has 0 aliphatic carbocycles. The van der Waals surface area contributed by atoms with Gasteiger partial charge in [-0.3, -0.25) is 4.79 Å². The minimum atomic E-state index is -0.821. The summed E-state index contributed by atoms with van der Waals surface area (Å²) in [6.45, 7) is 2.75. The number of carboxylic acids is 1. The van der Waals surface area contributed by atoms with Gasteiger partial charge in [-0.2, -0.15) is 0 Å². The predicted octanol–water partition coefficient (Wildman–Crippen LogP) is 5.23. The highest BCUT2D eigenvalue weighted by atomic mass is 79.9. The zero-order valence-corrected chi connectivity index (χ0v) is 14.8. The Bertz CT molecular complexity index is 640. The van der Waals surface area contributed by atoms with Crippen molar-refractivity contribution in [2.75, 3.05) is 6.61 Å². The van der Waals surface area contributed by atoms with Gasteiger partial charge in [-0.05, 0) is 30.2 Å². The van der Waals surface area contributed by atoms with Crippen molar-refractivity contribution in [2.24, 2.45) is 0 Å². The molecule has 2 aromatic rings. The van der Waals surface area contributed by atoms with Crippen LogP contribution in [0.5, 0.6) is 5.75 Å². The van der Waals surface area contributed by atoms with E-state index in [1.165, 1.54) is 0 Å². The summed E-state index contributed by atoms with van der Waals surface area (Å²) in [6, 6.07) is 15.5. The number of carboxylic acid groups (broad SMARTS) is 1. The van der Waals surface area contributed by atoms with Crippen molar-refractivity contribution >= 4 is 21.9 Å². The van der Waals surface area contributed by atoms with E-state index in [-0.39, 0.29) is 12.3 Å². The molecule has 2 rings (SSSR count). The molecule has 0 saturated heterocycles. The van der Waals surface area contributed by atoms with Crippen LogP contribution in [0.15, 0.2) is 53.0 Å². The number of carbonyl (C=O) groups is 1. The maximum atomic E-state index is 11.4. The van der Waals surface area contributed by atoms with E-state index >= 15 is 0 Å². The second-order valence-corrected chi connectivity index (χ2v) is 6.36. The predicted molar refractivity (Wildman–Crippen MR) is 95.1 cm³/mol. The zero-order chi connectivity index (χ0) is 16.7. The van der Waals surface area contributed by atoms with Gasteiger partial charge in [-0.25, -0.2) is 0 Å². The van der Waals surface area contributed by atoms with Gasteiger partial charge in [0.15, 0.2) is 0 Å². The summed E-state index contributed by atoms with van der Waals surface area (Å²) in [5, 5.41) is 9.33. The molecule has 0 aliphatic heterocycles. The molecule has 122 valence electrons. The van der Waals surface area contributed by atoms with E-state index in [0.717, 1.165) is 34.2 Å². The summed E-state index contributed by atoms with van der Waals surface area (Å²) in [5.41, 5.74) is 1.89. The number of rotatable bonds is 8. The smallest absolute Gasteiger partial charge is 0.304 e. The first kappa shape index (κ1) is 17.5. The molecular formula is C19H21BrO3. The number of aliphatic carboxylic acids is 1. The van der Waals surface area contributed by atoms with Crippen LogP contribution in [0, 0.1) is 0 Å². The Morgan fingerprint density at radius 1 is 1.22 bits per heavy atom. The second-order valence-electron chi connectivity index (χ2n) is 5.45. The van der Waals surface area contributed by atoms with Crippen molar-refractivity contribution in [3.05, 3.63) is 64.1 Å². The summed E-state index contributed by atoms with van der Waals surface area (Å²) < 4.78 is 6.82. The molecule has 0 aromatic heterocycles. The molecule has 0 radical (unpaired) electrons. The summed E-state index contributed by atoms with van der Waals surface area (Å²) in [7, 11) is 0. The molecule has 2 aromatic carbocycles. The Kier molecular flexibility index (Phi) is 6.66. The maximum absolute atomic E-state index is 11.4. The Morgan fingerprint density at radius 3 is 2.61 bits per heavy atom. The van der Waals surface area contributed by atoms with Crippen molar-refractivity contribution in [3.63, 3.8) is 0 Å². The van der Waals surface area contributed by atoms with E-state index < -0.39 is 5.97 Å². The van der Waals surface area contributed by atoms with Gasteiger partial charge < -0.3 is 9.84 Å². The first-order valence-corrected chi connectivity index (χ1v) is 8.60. The SMILES string of the molecule is CCCCOc1ccc(Br)cc1[C@@H](CC(=O)O)c1ccccc1. The molecule has 0 saturated carbocycles. The van der Waals surface area contributed by atoms with Crippen LogP contribution in [-0.4, -0.2) is 17.7 Å². The number of unbranched alkanes of at least 4 members (excludes halogenated alkanes) is 1. The van der Waals surface area contributed by atoms with E-state index in [9.17, 15) is 9.90 Å². The normalized spacial score (nSPS) is 11.9. The van der Waals surface area contributed by atoms with Gasteiger partial charge in [0.2, 0.25) is 0 Å². The fraction of sp³-hybridized carbons (Fsp3) is 0.316. The van der Waals surface area contributed by atoms with Gasteiger partial charge >= 0.3 is 5.97 Å². The van der Waals surface area contributed by atoms with Gasteiger partial charge in [-0.1, -0.05) is 59.6 Å². The highest BCUT2D eigenvalue weighted by molar-refractivity contribution is 9.10. The summed E-state index contributed by atoms with van der Waals surface area (Å²) in [5.74, 6) is -0.294. The van der Waals surface area contributed by atoms with Crippen LogP contribution in [0.1, 0.15) is 43.2 Å². The fourth-order valence-corrected chi connectivity index (χ4v) is 2.90. The fourth-order valence-electron chi connectivity index (χ4n) is 2.52. The topological polar surface area (TPSA) is 46.5 Å². The van der Waals surface area contributed by atoms with E-state index in [0.29, 0.717) is 6.61 Å². The van der Waals surface area contributed by atoms with Gasteiger partial charge in [-0.15, -0.1) is 0 Å². The quantitative estimate of drug-likeness (QED) is 0.641. The van der Waals surface area contributed by atoms with Gasteiger partial charge in [0.05, 0.1) is 13.0 Å². The molecule has 0 unspecified atom stereocenters. The Morgan fingerprint density at radius 2 is 1.96 bits per heavy atom. The van der Waals surface area contributed by atoms with E-state index in [2.05, 4.69) is 22.9 Å². The Labute approximate surface area is 145 Å². The van der Waals surface area contributed by atoms with Crippen molar-refractivity contribution in [1.82, 2.24) is 0 Å². The number of halogens is 1. The molecule has 1 atom stereocenters. The van der Waals surface area contributed by atoms with Gasteiger partial charge in [0.1, 0.15) is 5.75 Å². The van der Waals surface area contributed by atoms with Crippen LogP contribution in [0.2, 0.25) is 0 Å². The van der Waals surface area contributed by atoms with Gasteiger partial charge in [0, 0.05) is 16.0 Å². The number of hydrogen-bond donors (Lipinski definition) is 1. The number of benzene rings is 2. The van der Waals surface area contributed by atoms with E-state index in [1.807, 2.05) is 48.5 Å². The average Bonchev–Trinajstić information content (AvgIpc) is 2.55. The van der Waals surface area contributed by atoms with Crippen molar-refractivity contribution in [3.8, 4) is 5.75 Å². The molecule has 3 nitrogen and oxygen atoms in total. The summed E-state index contributed by atoms with van der Waals surface area (Å²) in [4.78, 5) is 11.4. The average molecular weight is 377 g/mol. The third kappa shape index (κ3) is 5.10. The summed E-state index contributed by atoms with van der Waals surface area (Å²) in [6.07, 6.45) is 2.07. The van der Waals surface area contributed by atoms with Crippen LogP contribution in [0.25, 0.3) is 0 Å².